The quantitative estimate of drug-likeness (QED) is 0.508. The van der Waals surface area contributed by atoms with E-state index in [1.165, 1.54) is 18.1 Å². The predicted octanol–water partition coefficient (Wildman–Crippen LogP) is 4.92. The Hall–Kier alpha value is -4.07. The summed E-state index contributed by atoms with van der Waals surface area (Å²) in [6.45, 7) is 3.25. The van der Waals surface area contributed by atoms with Gasteiger partial charge in [0.1, 0.15) is 23.4 Å². The van der Waals surface area contributed by atoms with Gasteiger partial charge in [-0.2, -0.15) is 18.4 Å². The maximum Gasteiger partial charge on any atom is 0.400 e. The number of likely N-dealkylation sites (tertiary alicyclic amines) is 1. The lowest BCUT2D eigenvalue weighted by Crippen LogP contribution is -2.44. The van der Waals surface area contributed by atoms with Gasteiger partial charge in [-0.3, -0.25) is 9.59 Å². The van der Waals surface area contributed by atoms with Gasteiger partial charge in [0.15, 0.2) is 0 Å². The van der Waals surface area contributed by atoms with E-state index < -0.39 is 23.9 Å². The molecule has 1 aromatic carbocycles. The number of benzene rings is 1. The molecule has 1 aliphatic heterocycles. The zero-order chi connectivity index (χ0) is 27.8. The number of nitrogens with zero attached hydrogens (tertiary/aromatic N) is 4. The second-order valence-corrected chi connectivity index (χ2v) is 9.53. The normalized spacial score (nSPS) is 15.3. The Morgan fingerprint density at radius 2 is 1.95 bits per heavy atom. The second kappa shape index (κ2) is 10.4. The summed E-state index contributed by atoms with van der Waals surface area (Å²) in [7, 11) is 3.31. The summed E-state index contributed by atoms with van der Waals surface area (Å²) in [6, 6.07) is 6.59. The van der Waals surface area contributed by atoms with Crippen LogP contribution in [0.3, 0.4) is 0 Å². The molecule has 4 rings (SSSR count). The maximum absolute atomic E-state index is 13.0. The summed E-state index contributed by atoms with van der Waals surface area (Å²) in [4.78, 5) is 31.1. The van der Waals surface area contributed by atoms with E-state index in [1.54, 1.807) is 18.3 Å². The first-order valence-electron chi connectivity index (χ1n) is 12.2. The average Bonchev–Trinajstić information content (AvgIpc) is 3.25. The molecular formula is C27H28F3N5O3. The van der Waals surface area contributed by atoms with Gasteiger partial charge < -0.3 is 19.5 Å². The fourth-order valence-corrected chi connectivity index (χ4v) is 4.93. The van der Waals surface area contributed by atoms with Crippen LogP contribution in [0.5, 0.6) is 5.75 Å². The largest absolute Gasteiger partial charge is 0.495 e. The number of rotatable bonds is 5. The van der Waals surface area contributed by atoms with E-state index in [0.29, 0.717) is 29.8 Å². The molecule has 200 valence electrons. The highest BCUT2D eigenvalue weighted by Gasteiger charge is 2.43. The molecule has 3 aromatic rings. The molecule has 1 aliphatic rings. The third-order valence-corrected chi connectivity index (χ3v) is 7.21. The topological polar surface area (TPSA) is 100 Å². The minimum absolute atomic E-state index is 0.0233. The van der Waals surface area contributed by atoms with Gasteiger partial charge in [-0.05, 0) is 61.9 Å². The Morgan fingerprint density at radius 3 is 2.55 bits per heavy atom. The van der Waals surface area contributed by atoms with E-state index in [1.807, 2.05) is 30.8 Å². The molecule has 2 aromatic heterocycles. The maximum atomic E-state index is 13.0. The van der Waals surface area contributed by atoms with Crippen molar-refractivity contribution in [2.75, 3.05) is 25.5 Å². The summed E-state index contributed by atoms with van der Waals surface area (Å²) in [5.41, 5.74) is 3.55. The number of hydrogen-bond donors (Lipinski definition) is 1. The molecule has 0 bridgehead atoms. The Bertz CT molecular complexity index is 1430. The van der Waals surface area contributed by atoms with Gasteiger partial charge in [0, 0.05) is 37.3 Å². The summed E-state index contributed by atoms with van der Waals surface area (Å²) in [6.07, 6.45) is 0.0188. The van der Waals surface area contributed by atoms with Crippen molar-refractivity contribution in [3.63, 3.8) is 0 Å². The smallest absolute Gasteiger partial charge is 0.400 e. The first kappa shape index (κ1) is 27.0. The summed E-state index contributed by atoms with van der Waals surface area (Å²) in [5.74, 6) is -2.93. The molecule has 38 heavy (non-hydrogen) atoms. The first-order chi connectivity index (χ1) is 18.0. The molecule has 3 heterocycles. The number of amides is 2. The van der Waals surface area contributed by atoms with Gasteiger partial charge in [0.25, 0.3) is 5.91 Å². The van der Waals surface area contributed by atoms with Crippen LogP contribution in [0.15, 0.2) is 30.6 Å². The number of aromatic nitrogens is 2. The van der Waals surface area contributed by atoms with Crippen LogP contribution in [0, 0.1) is 24.2 Å². The van der Waals surface area contributed by atoms with E-state index in [-0.39, 0.29) is 24.6 Å². The molecule has 8 nitrogen and oxygen atoms in total. The molecule has 11 heteroatoms. The fraction of sp³-hybridized carbons (Fsp3) is 0.407. The van der Waals surface area contributed by atoms with Crippen molar-refractivity contribution in [3.8, 4) is 11.8 Å². The van der Waals surface area contributed by atoms with Crippen molar-refractivity contribution in [3.05, 3.63) is 52.8 Å². The van der Waals surface area contributed by atoms with Crippen LogP contribution in [0.2, 0.25) is 0 Å². The third kappa shape index (κ3) is 5.03. The molecule has 2 amide bonds. The van der Waals surface area contributed by atoms with Crippen molar-refractivity contribution in [1.82, 2.24) is 14.5 Å². The Kier molecular flexibility index (Phi) is 7.35. The lowest BCUT2D eigenvalue weighted by Gasteiger charge is -2.34. The number of pyridine rings is 1. The highest BCUT2D eigenvalue weighted by molar-refractivity contribution is 6.06. The van der Waals surface area contributed by atoms with Crippen LogP contribution in [-0.4, -0.2) is 52.6 Å². The molecule has 1 atom stereocenters. The number of anilines is 1. The van der Waals surface area contributed by atoms with E-state index in [2.05, 4.69) is 10.3 Å². The summed E-state index contributed by atoms with van der Waals surface area (Å²) in [5, 5.41) is 13.1. The van der Waals surface area contributed by atoms with Gasteiger partial charge in [-0.1, -0.05) is 0 Å². The third-order valence-electron chi connectivity index (χ3n) is 7.21. The fourth-order valence-electron chi connectivity index (χ4n) is 4.93. The van der Waals surface area contributed by atoms with E-state index in [0.717, 1.165) is 29.1 Å². The highest BCUT2D eigenvalue weighted by Crippen LogP contribution is 2.38. The number of nitriles is 1. The predicted molar refractivity (Wildman–Crippen MR) is 135 cm³/mol. The summed E-state index contributed by atoms with van der Waals surface area (Å²) < 4.78 is 46.1. The molecule has 0 spiro atoms. The zero-order valence-corrected chi connectivity index (χ0v) is 21.5. The Balaban J connectivity index is 1.57. The van der Waals surface area contributed by atoms with Crippen molar-refractivity contribution in [1.29, 1.82) is 5.26 Å². The molecule has 1 N–H and O–H groups in total. The number of nitrogens with one attached hydrogen (secondary N) is 1. The summed E-state index contributed by atoms with van der Waals surface area (Å²) >= 11 is 0. The monoisotopic (exact) mass is 527 g/mol. The lowest BCUT2D eigenvalue weighted by molar-refractivity contribution is -0.186. The minimum atomic E-state index is -4.56. The number of carbonyl (C=O) groups is 2. The number of hydrogen-bond acceptors (Lipinski definition) is 5. The number of ether oxygens (including phenoxy) is 1. The highest BCUT2D eigenvalue weighted by atomic mass is 19.4. The standard InChI is InChI=1S/C27H28F3N5O3/c1-15-21(33-25(36)18-5-6-22(38-4)19(11-18)12-31)13-32-24-23(15)20(14-34(24)3)17-7-9-35(10-8-17)26(37)16(2)27(28,29)30/h5-6,11,13-14,16-17H,7-10H2,1-4H3,(H,33,36). The number of fused-ring (bicyclic) bond motifs is 1. The SMILES string of the molecule is COc1ccc(C(=O)Nc2cnc3c(c(C4CCN(C(=O)C(C)C(F)(F)F)CC4)cn3C)c2C)cc1C#N. The van der Waals surface area contributed by atoms with Crippen LogP contribution in [-0.2, 0) is 11.8 Å². The van der Waals surface area contributed by atoms with Crippen molar-refractivity contribution < 1.29 is 27.5 Å². The van der Waals surface area contributed by atoms with Crippen molar-refractivity contribution in [2.24, 2.45) is 13.0 Å². The molecular weight excluding hydrogens is 499 g/mol. The number of piperidine rings is 1. The number of aryl methyl sites for hydroxylation is 2. The molecule has 0 aliphatic carbocycles. The van der Waals surface area contributed by atoms with Gasteiger partial charge in [-0.25, -0.2) is 4.98 Å². The minimum Gasteiger partial charge on any atom is -0.495 e. The van der Waals surface area contributed by atoms with Crippen molar-refractivity contribution >= 4 is 28.5 Å². The van der Waals surface area contributed by atoms with Gasteiger partial charge in [0.05, 0.1) is 24.6 Å². The average molecular weight is 528 g/mol. The van der Waals surface area contributed by atoms with Gasteiger partial charge in [0.2, 0.25) is 5.91 Å². The zero-order valence-electron chi connectivity index (χ0n) is 21.5. The van der Waals surface area contributed by atoms with E-state index in [9.17, 15) is 28.0 Å². The number of halogens is 3. The molecule has 1 unspecified atom stereocenters. The Labute approximate surface area is 218 Å². The van der Waals surface area contributed by atoms with E-state index >= 15 is 0 Å². The van der Waals surface area contributed by atoms with E-state index in [4.69, 9.17) is 4.74 Å². The van der Waals surface area contributed by atoms with Crippen LogP contribution < -0.4 is 10.1 Å². The second-order valence-electron chi connectivity index (χ2n) is 9.53. The number of alkyl halides is 3. The van der Waals surface area contributed by atoms with Crippen molar-refractivity contribution in [2.45, 2.75) is 38.8 Å². The number of carbonyl (C=O) groups excluding carboxylic acids is 2. The molecule has 1 fully saturated rings. The van der Waals surface area contributed by atoms with Crippen LogP contribution in [0.1, 0.15) is 52.7 Å². The Morgan fingerprint density at radius 1 is 1.26 bits per heavy atom. The molecule has 0 radical (unpaired) electrons. The van der Waals surface area contributed by atoms with Crippen LogP contribution in [0.25, 0.3) is 11.0 Å². The van der Waals surface area contributed by atoms with Crippen LogP contribution >= 0.6 is 0 Å². The first-order valence-corrected chi connectivity index (χ1v) is 12.2. The number of methoxy groups -OCH3 is 1. The molecule has 1 saturated heterocycles. The van der Waals surface area contributed by atoms with Gasteiger partial charge >= 0.3 is 6.18 Å². The molecule has 0 saturated carbocycles. The van der Waals surface area contributed by atoms with Crippen LogP contribution in [0.4, 0.5) is 18.9 Å². The lowest BCUT2D eigenvalue weighted by atomic mass is 9.88. The van der Waals surface area contributed by atoms with Gasteiger partial charge in [-0.15, -0.1) is 0 Å².